The van der Waals surface area contributed by atoms with Crippen molar-refractivity contribution in [2.24, 2.45) is 0 Å². The number of aromatic amines is 1. The second-order valence-corrected chi connectivity index (χ2v) is 7.20. The van der Waals surface area contributed by atoms with Crippen molar-refractivity contribution in [2.45, 2.75) is 31.1 Å². The largest absolute Gasteiger partial charge is 0.387 e. The topological polar surface area (TPSA) is 114 Å². The van der Waals surface area contributed by atoms with Crippen LogP contribution in [0.15, 0.2) is 45.0 Å². The molecule has 10 heteroatoms. The minimum atomic E-state index is -1.37. The van der Waals surface area contributed by atoms with E-state index >= 15 is 0 Å². The highest BCUT2D eigenvalue weighted by Gasteiger charge is 2.44. The molecule has 3 N–H and O–H groups in total. The summed E-state index contributed by atoms with van der Waals surface area (Å²) in [5.41, 5.74) is -0.259. The Hall–Kier alpha value is -1.75. The van der Waals surface area contributed by atoms with Gasteiger partial charge in [-0.05, 0) is 28.8 Å². The Morgan fingerprint density at radius 3 is 2.64 bits per heavy atom. The highest BCUT2D eigenvalue weighted by atomic mass is 79.9. The van der Waals surface area contributed by atoms with Crippen molar-refractivity contribution in [3.05, 3.63) is 72.4 Å². The van der Waals surface area contributed by atoms with Crippen molar-refractivity contribution in [1.29, 1.82) is 0 Å². The lowest BCUT2D eigenvalue weighted by molar-refractivity contribution is -0.0711. The first-order chi connectivity index (χ1) is 13.4. The van der Waals surface area contributed by atoms with Gasteiger partial charge >= 0.3 is 5.69 Å². The van der Waals surface area contributed by atoms with Crippen LogP contribution in [0, 0.1) is 0 Å². The first-order valence-electron chi connectivity index (χ1n) is 8.36. The molecule has 28 heavy (non-hydrogen) atoms. The molecule has 0 aliphatic carbocycles. The number of hydrogen-bond acceptors (Lipinski definition) is 6. The van der Waals surface area contributed by atoms with Gasteiger partial charge in [0.25, 0.3) is 5.56 Å². The van der Waals surface area contributed by atoms with Crippen molar-refractivity contribution in [1.82, 2.24) is 9.55 Å². The van der Waals surface area contributed by atoms with Gasteiger partial charge in [-0.1, -0.05) is 39.7 Å². The number of aliphatic hydroxyl groups excluding tert-OH is 2. The van der Waals surface area contributed by atoms with Crippen molar-refractivity contribution >= 4 is 33.6 Å². The average molecular weight is 474 g/mol. The van der Waals surface area contributed by atoms with E-state index < -0.39 is 35.8 Å². The number of rotatable bonds is 6. The molecule has 1 aliphatic rings. The van der Waals surface area contributed by atoms with Gasteiger partial charge in [0.15, 0.2) is 6.23 Å². The van der Waals surface area contributed by atoms with Crippen LogP contribution in [0.2, 0.25) is 5.02 Å². The van der Waals surface area contributed by atoms with E-state index in [0.29, 0.717) is 5.02 Å². The predicted molar refractivity (Wildman–Crippen MR) is 106 cm³/mol. The van der Waals surface area contributed by atoms with Crippen LogP contribution in [-0.4, -0.2) is 44.7 Å². The third kappa shape index (κ3) is 4.62. The van der Waals surface area contributed by atoms with Crippen molar-refractivity contribution in [3.8, 4) is 0 Å². The van der Waals surface area contributed by atoms with E-state index in [4.69, 9.17) is 21.1 Å². The second kappa shape index (κ2) is 9.17. The van der Waals surface area contributed by atoms with Gasteiger partial charge in [0.05, 0.1) is 18.8 Å². The summed E-state index contributed by atoms with van der Waals surface area (Å²) in [5.74, 6) is 0. The standard InChI is InChI=1S/C18H18BrClN2O6/c19-6-5-11-7-22(18(26)21-16(11)25)17-15(24)14(23)13(28-17)9-27-8-10-1-3-12(20)4-2-10/h1-7,13-15,17,23-24H,8-9H2,(H,21,25,26)/b6-5+/t13-,14-,15+,17-/m1/s1. The lowest BCUT2D eigenvalue weighted by Gasteiger charge is -2.17. The van der Waals surface area contributed by atoms with E-state index in [2.05, 4.69) is 20.9 Å². The molecule has 0 spiro atoms. The predicted octanol–water partition coefficient (Wildman–Crippen LogP) is 1.39. The molecule has 0 saturated carbocycles. The van der Waals surface area contributed by atoms with Gasteiger partial charge in [-0.2, -0.15) is 0 Å². The number of hydrogen-bond donors (Lipinski definition) is 3. The quantitative estimate of drug-likeness (QED) is 0.584. The van der Waals surface area contributed by atoms with Crippen LogP contribution in [0.5, 0.6) is 0 Å². The van der Waals surface area contributed by atoms with E-state index in [1.54, 1.807) is 12.1 Å². The highest BCUT2D eigenvalue weighted by molar-refractivity contribution is 9.11. The third-order valence-corrected chi connectivity index (χ3v) is 4.83. The van der Waals surface area contributed by atoms with Gasteiger partial charge in [0.2, 0.25) is 0 Å². The molecular formula is C18H18BrClN2O6. The summed E-state index contributed by atoms with van der Waals surface area (Å²) >= 11 is 8.90. The first kappa shape index (κ1) is 21.0. The summed E-state index contributed by atoms with van der Waals surface area (Å²) in [6.45, 7) is 0.271. The second-order valence-electron chi connectivity index (χ2n) is 6.23. The molecule has 150 valence electrons. The molecule has 1 fully saturated rings. The molecule has 0 radical (unpaired) electrons. The summed E-state index contributed by atoms with van der Waals surface area (Å²) in [5, 5.41) is 21.2. The van der Waals surface area contributed by atoms with Crippen molar-refractivity contribution in [3.63, 3.8) is 0 Å². The molecule has 0 amide bonds. The zero-order chi connectivity index (χ0) is 20.3. The van der Waals surface area contributed by atoms with Crippen LogP contribution < -0.4 is 11.2 Å². The molecular weight excluding hydrogens is 456 g/mol. The molecule has 1 aromatic carbocycles. The first-order valence-corrected chi connectivity index (χ1v) is 9.66. The molecule has 2 aromatic rings. The molecule has 1 aliphatic heterocycles. The Kier molecular flexibility index (Phi) is 6.86. The molecule has 0 unspecified atom stereocenters. The monoisotopic (exact) mass is 472 g/mol. The summed E-state index contributed by atoms with van der Waals surface area (Å²) in [7, 11) is 0. The molecule has 4 atom stereocenters. The lowest BCUT2D eigenvalue weighted by Crippen LogP contribution is -2.38. The van der Waals surface area contributed by atoms with Gasteiger partial charge in [0, 0.05) is 11.2 Å². The molecule has 2 heterocycles. The van der Waals surface area contributed by atoms with E-state index in [0.717, 1.165) is 10.1 Å². The number of nitrogens with zero attached hydrogens (tertiary/aromatic N) is 1. The third-order valence-electron chi connectivity index (χ3n) is 4.31. The number of aliphatic hydroxyl groups is 2. The Balaban J connectivity index is 1.70. The number of ether oxygens (including phenoxy) is 2. The van der Waals surface area contributed by atoms with E-state index in [9.17, 15) is 19.8 Å². The lowest BCUT2D eigenvalue weighted by atomic mass is 10.1. The number of halogens is 2. The zero-order valence-electron chi connectivity index (χ0n) is 14.5. The van der Waals surface area contributed by atoms with Crippen molar-refractivity contribution in [2.75, 3.05) is 6.61 Å². The summed E-state index contributed by atoms with van der Waals surface area (Å²) in [6, 6.07) is 7.10. The fourth-order valence-corrected chi connectivity index (χ4v) is 3.26. The minimum Gasteiger partial charge on any atom is -0.387 e. The maximum atomic E-state index is 12.1. The van der Waals surface area contributed by atoms with Crippen LogP contribution in [0.25, 0.3) is 6.08 Å². The van der Waals surface area contributed by atoms with E-state index in [1.807, 2.05) is 12.1 Å². The maximum Gasteiger partial charge on any atom is 0.330 e. The van der Waals surface area contributed by atoms with Crippen LogP contribution >= 0.6 is 27.5 Å². The minimum absolute atomic E-state index is 0.00359. The highest BCUT2D eigenvalue weighted by Crippen LogP contribution is 2.28. The normalized spacial score (nSPS) is 24.9. The Morgan fingerprint density at radius 2 is 1.96 bits per heavy atom. The number of aromatic nitrogens is 2. The van der Waals surface area contributed by atoms with Crippen LogP contribution in [0.3, 0.4) is 0 Å². The molecule has 3 rings (SSSR count). The van der Waals surface area contributed by atoms with E-state index in [1.165, 1.54) is 17.3 Å². The average Bonchev–Trinajstić information content (AvgIpc) is 2.94. The number of nitrogens with one attached hydrogen (secondary N) is 1. The van der Waals surface area contributed by atoms with Crippen LogP contribution in [0.1, 0.15) is 17.4 Å². The smallest absolute Gasteiger partial charge is 0.330 e. The Labute approximate surface area is 173 Å². The summed E-state index contributed by atoms with van der Waals surface area (Å²) < 4.78 is 12.2. The van der Waals surface area contributed by atoms with Gasteiger partial charge in [-0.15, -0.1) is 0 Å². The van der Waals surface area contributed by atoms with E-state index in [-0.39, 0.29) is 18.8 Å². The van der Waals surface area contributed by atoms with Gasteiger partial charge < -0.3 is 19.7 Å². The maximum absolute atomic E-state index is 12.1. The van der Waals surface area contributed by atoms with Gasteiger partial charge in [-0.25, -0.2) is 4.79 Å². The zero-order valence-corrected chi connectivity index (χ0v) is 16.8. The molecule has 8 nitrogen and oxygen atoms in total. The van der Waals surface area contributed by atoms with Crippen LogP contribution in [-0.2, 0) is 16.1 Å². The van der Waals surface area contributed by atoms with Crippen LogP contribution in [0.4, 0.5) is 0 Å². The number of H-pyrrole nitrogens is 1. The Morgan fingerprint density at radius 1 is 1.25 bits per heavy atom. The molecule has 1 aromatic heterocycles. The molecule has 1 saturated heterocycles. The van der Waals surface area contributed by atoms with Gasteiger partial charge in [-0.3, -0.25) is 14.3 Å². The molecule has 0 bridgehead atoms. The summed E-state index contributed by atoms with van der Waals surface area (Å²) in [6.07, 6.45) is -1.93. The fourth-order valence-electron chi connectivity index (χ4n) is 2.85. The van der Waals surface area contributed by atoms with Gasteiger partial charge in [0.1, 0.15) is 18.3 Å². The summed E-state index contributed by atoms with van der Waals surface area (Å²) in [4.78, 5) is 27.5. The Bertz CT molecular complexity index is 958. The van der Waals surface area contributed by atoms with Crippen molar-refractivity contribution < 1.29 is 19.7 Å². The number of benzene rings is 1. The fraction of sp³-hybridized carbons (Fsp3) is 0.333. The SMILES string of the molecule is O=c1[nH]c(=O)n([C@@H]2O[C@H](COCc3ccc(Cl)cc3)[C@@H](O)[C@@H]2O)cc1/C=C/Br.